The van der Waals surface area contributed by atoms with E-state index in [0.29, 0.717) is 6.42 Å². The molecule has 2 fully saturated rings. The minimum atomic E-state index is -1.24. The Morgan fingerprint density at radius 3 is 2.58 bits per heavy atom. The molecule has 1 aromatic carbocycles. The number of aliphatic hydroxyl groups is 2. The minimum Gasteiger partial charge on any atom is -0.458 e. The first-order chi connectivity index (χ1) is 17.8. The Morgan fingerprint density at radius 2 is 1.87 bits per heavy atom. The second kappa shape index (κ2) is 11.2. The SMILES string of the molecule is CC(=Cc1nc2ccccc2s1)[C@@H]1C[C@@H]2O[C@]2(C)CCC[C@H](C)[C@H](O)[C@@H](C)C(=O)C(C)(C)[C@@H](O)CC(=O)O1. The smallest absolute Gasteiger partial charge is 0.309 e. The van der Waals surface area contributed by atoms with E-state index in [4.69, 9.17) is 9.47 Å². The molecule has 0 amide bonds. The number of aromatic nitrogens is 1. The van der Waals surface area contributed by atoms with E-state index in [0.717, 1.165) is 40.1 Å². The fraction of sp³-hybridized carbons (Fsp3) is 0.633. The number of esters is 1. The van der Waals surface area contributed by atoms with Gasteiger partial charge in [0.25, 0.3) is 0 Å². The second-order valence-corrected chi connectivity index (χ2v) is 13.1. The van der Waals surface area contributed by atoms with Crippen LogP contribution in [0.1, 0.15) is 78.7 Å². The molecule has 0 saturated carbocycles. The summed E-state index contributed by atoms with van der Waals surface area (Å²) < 4.78 is 13.1. The predicted molar refractivity (Wildman–Crippen MR) is 149 cm³/mol. The number of cyclic esters (lactones) is 1. The van der Waals surface area contributed by atoms with Crippen LogP contribution in [0.15, 0.2) is 29.8 Å². The maximum atomic E-state index is 13.3. The Morgan fingerprint density at radius 1 is 1.16 bits per heavy atom. The lowest BCUT2D eigenvalue weighted by Crippen LogP contribution is -2.45. The van der Waals surface area contributed by atoms with Crippen molar-refractivity contribution in [2.24, 2.45) is 17.3 Å². The van der Waals surface area contributed by atoms with Crippen LogP contribution in [0.3, 0.4) is 0 Å². The van der Waals surface area contributed by atoms with Gasteiger partial charge >= 0.3 is 5.97 Å². The van der Waals surface area contributed by atoms with E-state index in [1.54, 1.807) is 32.1 Å². The highest BCUT2D eigenvalue weighted by atomic mass is 32.1. The number of rotatable bonds is 2. The molecule has 2 saturated heterocycles. The van der Waals surface area contributed by atoms with Crippen molar-refractivity contribution in [1.82, 2.24) is 4.98 Å². The van der Waals surface area contributed by atoms with Gasteiger partial charge in [-0.15, -0.1) is 11.3 Å². The summed E-state index contributed by atoms with van der Waals surface area (Å²) in [5.41, 5.74) is 0.251. The molecule has 2 aliphatic heterocycles. The number of carbonyl (C=O) groups excluding carboxylic acids is 2. The molecule has 3 heterocycles. The third-order valence-corrected chi connectivity index (χ3v) is 9.56. The van der Waals surface area contributed by atoms with Gasteiger partial charge in [0, 0.05) is 12.3 Å². The van der Waals surface area contributed by atoms with Crippen molar-refractivity contribution in [1.29, 1.82) is 0 Å². The Balaban J connectivity index is 1.59. The van der Waals surface area contributed by atoms with E-state index >= 15 is 0 Å². The molecule has 8 heteroatoms. The Labute approximate surface area is 229 Å². The molecular formula is C30H41NO6S. The molecule has 7 nitrogen and oxygen atoms in total. The van der Waals surface area contributed by atoms with Crippen LogP contribution in [-0.2, 0) is 19.1 Å². The largest absolute Gasteiger partial charge is 0.458 e. The minimum absolute atomic E-state index is 0.0611. The van der Waals surface area contributed by atoms with E-state index in [1.165, 1.54) is 0 Å². The van der Waals surface area contributed by atoms with Gasteiger partial charge in [0.05, 0.1) is 46.0 Å². The monoisotopic (exact) mass is 543 g/mol. The van der Waals surface area contributed by atoms with Crippen LogP contribution in [0.5, 0.6) is 0 Å². The Bertz CT molecular complexity index is 1170. The van der Waals surface area contributed by atoms with Gasteiger partial charge in [-0.3, -0.25) is 9.59 Å². The quantitative estimate of drug-likeness (QED) is 0.390. The first-order valence-electron chi connectivity index (χ1n) is 13.6. The van der Waals surface area contributed by atoms with Crippen LogP contribution in [-0.4, -0.2) is 57.0 Å². The van der Waals surface area contributed by atoms with E-state index < -0.39 is 35.6 Å². The van der Waals surface area contributed by atoms with Gasteiger partial charge in [0.2, 0.25) is 0 Å². The standard InChI is InChI=1S/C30H41NO6S/c1-17-10-9-13-30(6)24(37-30)15-21(18(2)14-25-31-20-11-7-8-12-22(20)38-25)36-26(33)16-23(32)29(4,5)28(35)19(3)27(17)34/h7-8,11-12,14,17,19,21,23-24,27,32,34H,9-10,13,15-16H2,1-6H3/t17-,19+,21-,23-,24-,27-,30+/m0/s1. The van der Waals surface area contributed by atoms with Crippen molar-refractivity contribution in [2.45, 2.75) is 104 Å². The number of fused-ring (bicyclic) bond motifs is 2. The molecule has 7 atom stereocenters. The third kappa shape index (κ3) is 6.19. The number of ether oxygens (including phenoxy) is 2. The van der Waals surface area contributed by atoms with Crippen molar-refractivity contribution in [3.8, 4) is 0 Å². The number of hydrogen-bond acceptors (Lipinski definition) is 8. The number of nitrogens with zero attached hydrogens (tertiary/aromatic N) is 1. The molecule has 2 aliphatic rings. The molecular weight excluding hydrogens is 502 g/mol. The van der Waals surface area contributed by atoms with Crippen LogP contribution < -0.4 is 0 Å². The highest BCUT2D eigenvalue weighted by Gasteiger charge is 2.53. The highest BCUT2D eigenvalue weighted by molar-refractivity contribution is 7.19. The summed E-state index contributed by atoms with van der Waals surface area (Å²) in [6.45, 7) is 10.9. The number of hydrogen-bond donors (Lipinski definition) is 2. The summed E-state index contributed by atoms with van der Waals surface area (Å²) in [5.74, 6) is -1.57. The lowest BCUT2D eigenvalue weighted by atomic mass is 9.73. The summed E-state index contributed by atoms with van der Waals surface area (Å²) in [7, 11) is 0. The fourth-order valence-corrected chi connectivity index (χ4v) is 6.51. The number of para-hydroxylation sites is 1. The van der Waals surface area contributed by atoms with Crippen LogP contribution in [0.4, 0.5) is 0 Å². The molecule has 208 valence electrons. The molecule has 2 N–H and O–H groups in total. The highest BCUT2D eigenvalue weighted by Crippen LogP contribution is 2.45. The van der Waals surface area contributed by atoms with Gasteiger partial charge < -0.3 is 19.7 Å². The van der Waals surface area contributed by atoms with Crippen molar-refractivity contribution in [3.05, 3.63) is 34.8 Å². The average molecular weight is 544 g/mol. The van der Waals surface area contributed by atoms with Crippen LogP contribution >= 0.6 is 11.3 Å². The van der Waals surface area contributed by atoms with Gasteiger partial charge in [0.15, 0.2) is 0 Å². The third-order valence-electron chi connectivity index (χ3n) is 8.58. The average Bonchev–Trinajstić information content (AvgIpc) is 3.30. The Kier molecular flexibility index (Phi) is 8.48. The van der Waals surface area contributed by atoms with Gasteiger partial charge in [-0.25, -0.2) is 4.98 Å². The van der Waals surface area contributed by atoms with Crippen molar-refractivity contribution < 1.29 is 29.3 Å². The van der Waals surface area contributed by atoms with E-state index in [9.17, 15) is 19.8 Å². The topological polar surface area (TPSA) is 109 Å². The zero-order chi connectivity index (χ0) is 27.8. The van der Waals surface area contributed by atoms with Crippen molar-refractivity contribution in [2.75, 3.05) is 0 Å². The summed E-state index contributed by atoms with van der Waals surface area (Å²) in [4.78, 5) is 31.0. The second-order valence-electron chi connectivity index (χ2n) is 12.0. The number of epoxide rings is 1. The molecule has 0 spiro atoms. The maximum absolute atomic E-state index is 13.3. The number of Topliss-reactive ketones (excluding diaryl/α,β-unsaturated/α-hetero) is 1. The lowest BCUT2D eigenvalue weighted by Gasteiger charge is -2.34. The molecule has 1 aromatic heterocycles. The number of thiazole rings is 1. The number of benzene rings is 1. The zero-order valence-corrected chi connectivity index (χ0v) is 24.1. The molecule has 2 aromatic rings. The van der Waals surface area contributed by atoms with Gasteiger partial charge in [-0.2, -0.15) is 0 Å². The maximum Gasteiger partial charge on any atom is 0.309 e. The number of carbonyl (C=O) groups is 2. The summed E-state index contributed by atoms with van der Waals surface area (Å²) in [6.07, 6.45) is 1.92. The lowest BCUT2D eigenvalue weighted by molar-refractivity contribution is -0.154. The molecule has 0 bridgehead atoms. The summed E-state index contributed by atoms with van der Waals surface area (Å²) >= 11 is 1.58. The van der Waals surface area contributed by atoms with E-state index in [1.807, 2.05) is 44.2 Å². The molecule has 38 heavy (non-hydrogen) atoms. The van der Waals surface area contributed by atoms with Gasteiger partial charge in [-0.1, -0.05) is 46.2 Å². The molecule has 0 aliphatic carbocycles. The van der Waals surface area contributed by atoms with E-state index in [-0.39, 0.29) is 29.8 Å². The number of ketones is 1. The van der Waals surface area contributed by atoms with E-state index in [2.05, 4.69) is 11.9 Å². The van der Waals surface area contributed by atoms with Crippen LogP contribution in [0.2, 0.25) is 0 Å². The molecule has 0 radical (unpaired) electrons. The van der Waals surface area contributed by atoms with Crippen molar-refractivity contribution in [3.63, 3.8) is 0 Å². The van der Waals surface area contributed by atoms with Crippen molar-refractivity contribution >= 4 is 39.4 Å². The summed E-state index contributed by atoms with van der Waals surface area (Å²) in [5, 5.41) is 22.6. The van der Waals surface area contributed by atoms with Crippen LogP contribution in [0, 0.1) is 17.3 Å². The first-order valence-corrected chi connectivity index (χ1v) is 14.4. The fourth-order valence-electron chi connectivity index (χ4n) is 5.53. The first kappa shape index (κ1) is 28.9. The van der Waals surface area contributed by atoms with Gasteiger partial charge in [-0.05, 0) is 56.4 Å². The Hall–Kier alpha value is -2.13. The predicted octanol–water partition coefficient (Wildman–Crippen LogP) is 5.32. The normalized spacial score (nSPS) is 35.5. The van der Waals surface area contributed by atoms with Crippen LogP contribution in [0.25, 0.3) is 16.3 Å². The van der Waals surface area contributed by atoms with Gasteiger partial charge in [0.1, 0.15) is 16.9 Å². The number of aliphatic hydroxyl groups excluding tert-OH is 2. The zero-order valence-electron chi connectivity index (χ0n) is 23.3. The molecule has 0 unspecified atom stereocenters. The summed E-state index contributed by atoms with van der Waals surface area (Å²) in [6, 6.07) is 7.94. The molecule has 4 rings (SSSR count).